The molecular weight excluding hydrogens is 257 g/mol. The highest BCUT2D eigenvalue weighted by Gasteiger charge is 2.30. The van der Waals surface area contributed by atoms with E-state index in [9.17, 15) is 9.50 Å². The summed E-state index contributed by atoms with van der Waals surface area (Å²) in [4.78, 5) is 2.22. The van der Waals surface area contributed by atoms with Crippen molar-refractivity contribution in [3.63, 3.8) is 0 Å². The van der Waals surface area contributed by atoms with Gasteiger partial charge < -0.3 is 10.2 Å². The summed E-state index contributed by atoms with van der Waals surface area (Å²) in [7, 11) is 0. The maximum atomic E-state index is 13.6. The molecule has 0 spiro atoms. The van der Waals surface area contributed by atoms with Crippen LogP contribution in [-0.2, 0) is 6.54 Å². The van der Waals surface area contributed by atoms with Crippen LogP contribution >= 0.6 is 0 Å². The molecule has 2 N–H and O–H groups in total. The molecule has 1 aromatic carbocycles. The second-order valence-corrected chi connectivity index (χ2v) is 5.26. The van der Waals surface area contributed by atoms with Gasteiger partial charge in [0.15, 0.2) is 0 Å². The molecule has 2 rings (SSSR count). The van der Waals surface area contributed by atoms with Crippen molar-refractivity contribution in [2.45, 2.75) is 25.9 Å². The van der Waals surface area contributed by atoms with Gasteiger partial charge in [-0.25, -0.2) is 4.39 Å². The maximum Gasteiger partial charge on any atom is 0.138 e. The van der Waals surface area contributed by atoms with Crippen LogP contribution in [0.4, 0.5) is 4.39 Å². The summed E-state index contributed by atoms with van der Waals surface area (Å²) < 4.78 is 13.6. The summed E-state index contributed by atoms with van der Waals surface area (Å²) in [5, 5.41) is 18.1. The predicted octanol–water partition coefficient (Wildman–Crippen LogP) is 1.37. The van der Waals surface area contributed by atoms with Crippen molar-refractivity contribution in [3.8, 4) is 11.8 Å². The molecule has 0 saturated carbocycles. The molecule has 0 radical (unpaired) electrons. The zero-order chi connectivity index (χ0) is 14.5. The quantitative estimate of drug-likeness (QED) is 0.820. The van der Waals surface area contributed by atoms with Crippen molar-refractivity contribution in [3.05, 3.63) is 35.1 Å². The molecule has 0 aromatic heterocycles. The topological polar surface area (TPSA) is 43.7 Å². The summed E-state index contributed by atoms with van der Waals surface area (Å²) in [5.41, 5.74) is 1.28. The van der Waals surface area contributed by atoms with E-state index in [1.165, 1.54) is 6.07 Å². The molecule has 1 saturated heterocycles. The highest BCUT2D eigenvalue weighted by Crippen LogP contribution is 2.25. The Morgan fingerprint density at radius 3 is 2.90 bits per heavy atom. The van der Waals surface area contributed by atoms with Crippen molar-refractivity contribution < 1.29 is 14.6 Å². The number of hydrogen-bond acceptors (Lipinski definition) is 3. The van der Waals surface area contributed by atoms with E-state index in [0.29, 0.717) is 18.0 Å². The van der Waals surface area contributed by atoms with E-state index < -0.39 is 0 Å². The Labute approximate surface area is 119 Å². The van der Waals surface area contributed by atoms with Crippen molar-refractivity contribution in [1.29, 1.82) is 0 Å². The van der Waals surface area contributed by atoms with E-state index in [0.717, 1.165) is 18.5 Å². The molecule has 0 aliphatic carbocycles. The van der Waals surface area contributed by atoms with Crippen LogP contribution in [-0.4, -0.2) is 40.9 Å². The molecule has 1 aromatic rings. The number of halogens is 1. The number of likely N-dealkylation sites (tertiary alicyclic amines) is 1. The molecule has 1 aliphatic heterocycles. The summed E-state index contributed by atoms with van der Waals surface area (Å²) in [6.45, 7) is 3.65. The van der Waals surface area contributed by atoms with Crippen LogP contribution in [0, 0.1) is 23.6 Å². The second kappa shape index (κ2) is 6.85. The molecule has 20 heavy (non-hydrogen) atoms. The van der Waals surface area contributed by atoms with E-state index in [4.69, 9.17) is 5.11 Å². The minimum atomic E-state index is -0.372. The van der Waals surface area contributed by atoms with Crippen LogP contribution in [0.3, 0.4) is 0 Å². The lowest BCUT2D eigenvalue weighted by molar-refractivity contribution is 0.134. The molecule has 0 amide bonds. The molecular formula is C16H20FNO2. The molecule has 3 nitrogen and oxygen atoms in total. The van der Waals surface area contributed by atoms with Crippen LogP contribution in [0.25, 0.3) is 0 Å². The van der Waals surface area contributed by atoms with Crippen molar-refractivity contribution >= 4 is 0 Å². The smallest absolute Gasteiger partial charge is 0.138 e. The molecule has 4 heteroatoms. The summed E-state index contributed by atoms with van der Waals surface area (Å²) in [5.74, 6) is 5.19. The summed E-state index contributed by atoms with van der Waals surface area (Å²) in [6.07, 6.45) is 1.07. The van der Waals surface area contributed by atoms with Gasteiger partial charge in [0.25, 0.3) is 0 Å². The molecule has 108 valence electrons. The van der Waals surface area contributed by atoms with Gasteiger partial charge in [0, 0.05) is 12.6 Å². The summed E-state index contributed by atoms with van der Waals surface area (Å²) in [6, 6.07) is 5.04. The second-order valence-electron chi connectivity index (χ2n) is 5.26. The Morgan fingerprint density at radius 2 is 2.20 bits per heavy atom. The number of nitrogens with zero attached hydrogens (tertiary/aromatic N) is 1. The molecule has 2 atom stereocenters. The fraction of sp³-hybridized carbons (Fsp3) is 0.500. The Bertz CT molecular complexity index is 521. The van der Waals surface area contributed by atoms with Crippen molar-refractivity contribution in [2.24, 2.45) is 5.92 Å². The van der Waals surface area contributed by atoms with Gasteiger partial charge in [-0.05, 0) is 36.6 Å². The zero-order valence-electron chi connectivity index (χ0n) is 11.6. The van der Waals surface area contributed by atoms with E-state index in [2.05, 4.69) is 23.7 Å². The third-order valence-corrected chi connectivity index (χ3v) is 3.90. The number of rotatable bonds is 3. The molecule has 2 unspecified atom stereocenters. The minimum absolute atomic E-state index is 0.152. The Hall–Kier alpha value is -1.41. The van der Waals surface area contributed by atoms with Crippen molar-refractivity contribution in [1.82, 2.24) is 4.90 Å². The van der Waals surface area contributed by atoms with Gasteiger partial charge in [-0.15, -0.1) is 0 Å². The lowest BCUT2D eigenvalue weighted by Crippen LogP contribution is -2.34. The normalized spacial score (nSPS) is 22.6. The first-order valence-electron chi connectivity index (χ1n) is 6.88. The lowest BCUT2D eigenvalue weighted by atomic mass is 10.0. The number of hydrogen-bond donors (Lipinski definition) is 2. The number of aliphatic hydroxyl groups excluding tert-OH is 2. The van der Waals surface area contributed by atoms with Crippen molar-refractivity contribution in [2.75, 3.05) is 19.8 Å². The Balaban J connectivity index is 2.14. The van der Waals surface area contributed by atoms with Crippen LogP contribution in [0.2, 0.25) is 0 Å². The van der Waals surface area contributed by atoms with Gasteiger partial charge in [-0.1, -0.05) is 24.8 Å². The molecule has 1 aliphatic rings. The SMILES string of the molecule is CC1CCN(Cc2ccc(F)c(C#CCO)c2)C1CO. The van der Waals surface area contributed by atoms with Gasteiger partial charge in [0.05, 0.1) is 12.2 Å². The largest absolute Gasteiger partial charge is 0.395 e. The molecule has 1 heterocycles. The van der Waals surface area contributed by atoms with E-state index in [1.807, 2.05) is 0 Å². The maximum absolute atomic E-state index is 13.6. The fourth-order valence-corrected chi connectivity index (χ4v) is 2.72. The Morgan fingerprint density at radius 1 is 1.40 bits per heavy atom. The average molecular weight is 277 g/mol. The summed E-state index contributed by atoms with van der Waals surface area (Å²) >= 11 is 0. The van der Waals surface area contributed by atoms with Gasteiger partial charge >= 0.3 is 0 Å². The van der Waals surface area contributed by atoms with Crippen LogP contribution in [0.15, 0.2) is 18.2 Å². The zero-order valence-corrected chi connectivity index (χ0v) is 11.6. The van der Waals surface area contributed by atoms with Gasteiger partial charge in [-0.3, -0.25) is 4.90 Å². The average Bonchev–Trinajstić information content (AvgIpc) is 2.79. The monoisotopic (exact) mass is 277 g/mol. The molecule has 1 fully saturated rings. The third kappa shape index (κ3) is 3.37. The first kappa shape index (κ1) is 15.0. The van der Waals surface area contributed by atoms with Crippen LogP contribution < -0.4 is 0 Å². The van der Waals surface area contributed by atoms with Gasteiger partial charge in [0.1, 0.15) is 12.4 Å². The first-order valence-corrected chi connectivity index (χ1v) is 6.88. The highest BCUT2D eigenvalue weighted by atomic mass is 19.1. The van der Waals surface area contributed by atoms with E-state index in [-0.39, 0.29) is 25.1 Å². The standard InChI is InChI=1S/C16H20FNO2/c1-12-6-7-18(16(12)11-20)10-13-4-5-15(17)14(9-13)3-2-8-19/h4-5,9,12,16,19-20H,6-8,10-11H2,1H3. The third-order valence-electron chi connectivity index (χ3n) is 3.90. The van der Waals surface area contributed by atoms with E-state index >= 15 is 0 Å². The predicted molar refractivity (Wildman–Crippen MR) is 75.4 cm³/mol. The molecule has 0 bridgehead atoms. The number of aliphatic hydroxyl groups is 2. The van der Waals surface area contributed by atoms with Crippen LogP contribution in [0.5, 0.6) is 0 Å². The highest BCUT2D eigenvalue weighted by molar-refractivity contribution is 5.38. The lowest BCUT2D eigenvalue weighted by Gasteiger charge is -2.25. The van der Waals surface area contributed by atoms with Gasteiger partial charge in [0.2, 0.25) is 0 Å². The number of benzene rings is 1. The van der Waals surface area contributed by atoms with Crippen LogP contribution in [0.1, 0.15) is 24.5 Å². The Kier molecular flexibility index (Phi) is 5.13. The first-order chi connectivity index (χ1) is 9.65. The minimum Gasteiger partial charge on any atom is -0.395 e. The van der Waals surface area contributed by atoms with Gasteiger partial charge in [-0.2, -0.15) is 0 Å². The van der Waals surface area contributed by atoms with E-state index in [1.54, 1.807) is 12.1 Å². The fourth-order valence-electron chi connectivity index (χ4n) is 2.72.